The van der Waals surface area contributed by atoms with Gasteiger partial charge in [-0.1, -0.05) is 23.4 Å². The molecule has 3 heterocycles. The van der Waals surface area contributed by atoms with E-state index in [1.807, 2.05) is 54.2 Å². The van der Waals surface area contributed by atoms with Crippen LogP contribution in [0.25, 0.3) is 21.9 Å². The smallest absolute Gasteiger partial charge is 0.172 e. The van der Waals surface area contributed by atoms with Gasteiger partial charge in [-0.25, -0.2) is 15.0 Å². The number of rotatable bonds is 9. The Kier molecular flexibility index (Phi) is 7.74. The molecule has 0 saturated heterocycles. The van der Waals surface area contributed by atoms with Gasteiger partial charge in [0.1, 0.15) is 6.07 Å². The van der Waals surface area contributed by atoms with Crippen molar-refractivity contribution in [2.75, 3.05) is 24.9 Å². The van der Waals surface area contributed by atoms with Crippen LogP contribution in [0.5, 0.6) is 11.5 Å². The summed E-state index contributed by atoms with van der Waals surface area (Å²) < 4.78 is 13.3. The van der Waals surface area contributed by atoms with E-state index in [1.54, 1.807) is 13.3 Å². The SMILES string of the molecule is COc1cc2cc3c(Nc4ccc(Sc5nccn5C)c(Cl)c4)c(C#N)cnc3nc2cc1OCCCCl. The third-order valence-electron chi connectivity index (χ3n) is 5.77. The number of ether oxygens (including phenoxy) is 2. The first-order valence-electron chi connectivity index (χ1n) is 11.6. The van der Waals surface area contributed by atoms with E-state index in [9.17, 15) is 5.26 Å². The molecule has 0 fully saturated rings. The van der Waals surface area contributed by atoms with Crippen LogP contribution in [0.1, 0.15) is 12.0 Å². The Morgan fingerprint density at radius 3 is 2.74 bits per heavy atom. The first-order valence-corrected chi connectivity index (χ1v) is 13.4. The maximum absolute atomic E-state index is 9.82. The summed E-state index contributed by atoms with van der Waals surface area (Å²) in [7, 11) is 3.52. The average molecular weight is 565 g/mol. The highest BCUT2D eigenvalue weighted by molar-refractivity contribution is 7.99. The van der Waals surface area contributed by atoms with Crippen molar-refractivity contribution >= 4 is 68.3 Å². The zero-order chi connectivity index (χ0) is 26.6. The van der Waals surface area contributed by atoms with Crippen LogP contribution in [0.15, 0.2) is 65.0 Å². The first kappa shape index (κ1) is 25.9. The average Bonchev–Trinajstić information content (AvgIpc) is 3.33. The summed E-state index contributed by atoms with van der Waals surface area (Å²) in [6.07, 6.45) is 5.85. The van der Waals surface area contributed by atoms with Gasteiger partial charge in [-0.3, -0.25) is 0 Å². The molecule has 5 aromatic rings. The third-order valence-corrected chi connectivity index (χ3v) is 7.61. The number of alkyl halides is 1. The second-order valence-corrected chi connectivity index (χ2v) is 10.1. The van der Waals surface area contributed by atoms with Crippen LogP contribution in [0.3, 0.4) is 0 Å². The molecule has 38 heavy (non-hydrogen) atoms. The molecule has 0 unspecified atom stereocenters. The topological polar surface area (TPSA) is 97.9 Å². The number of nitrogens with one attached hydrogen (secondary N) is 1. The lowest BCUT2D eigenvalue weighted by molar-refractivity contribution is 0.295. The van der Waals surface area contributed by atoms with Crippen LogP contribution in [0, 0.1) is 11.3 Å². The standard InChI is InChI=1S/C27H22Cl2N6O2S/c1-35-8-7-31-27(35)38-24-5-4-18(12-20(24)29)33-25-17(14-30)15-32-26-19(25)10-16-11-22(36-2)23(13-21(16)34-26)37-9-3-6-28/h4-5,7-8,10-13,15H,3,6,9H2,1-2H3,(H,32,33,34). The van der Waals surface area contributed by atoms with E-state index < -0.39 is 0 Å². The lowest BCUT2D eigenvalue weighted by Crippen LogP contribution is -2.01. The van der Waals surface area contributed by atoms with Crippen LogP contribution >= 0.6 is 35.0 Å². The monoisotopic (exact) mass is 564 g/mol. The van der Waals surface area contributed by atoms with Crippen LogP contribution in [-0.4, -0.2) is 39.1 Å². The van der Waals surface area contributed by atoms with Crippen LogP contribution in [-0.2, 0) is 7.05 Å². The van der Waals surface area contributed by atoms with Gasteiger partial charge in [0, 0.05) is 58.9 Å². The number of nitriles is 1. The summed E-state index contributed by atoms with van der Waals surface area (Å²) in [5.41, 5.74) is 2.89. The molecule has 0 aliphatic rings. The molecule has 8 nitrogen and oxygen atoms in total. The molecule has 5 rings (SSSR count). The highest BCUT2D eigenvalue weighted by atomic mass is 35.5. The number of fused-ring (bicyclic) bond motifs is 2. The number of aromatic nitrogens is 4. The van der Waals surface area contributed by atoms with Gasteiger partial charge in [-0.05, 0) is 36.8 Å². The van der Waals surface area contributed by atoms with Crippen molar-refractivity contribution in [3.05, 3.63) is 65.6 Å². The number of anilines is 2. The van der Waals surface area contributed by atoms with E-state index in [4.69, 9.17) is 37.7 Å². The van der Waals surface area contributed by atoms with Gasteiger partial charge in [0.2, 0.25) is 0 Å². The van der Waals surface area contributed by atoms with E-state index >= 15 is 0 Å². The minimum absolute atomic E-state index is 0.384. The quantitative estimate of drug-likeness (QED) is 0.116. The zero-order valence-electron chi connectivity index (χ0n) is 20.5. The fourth-order valence-corrected chi connectivity index (χ4v) is 5.09. The first-order chi connectivity index (χ1) is 18.5. The van der Waals surface area contributed by atoms with Gasteiger partial charge >= 0.3 is 0 Å². The van der Waals surface area contributed by atoms with E-state index in [1.165, 1.54) is 18.0 Å². The lowest BCUT2D eigenvalue weighted by atomic mass is 10.1. The molecule has 192 valence electrons. The Bertz CT molecular complexity index is 1680. The second kappa shape index (κ2) is 11.4. The normalized spacial score (nSPS) is 11.0. The molecule has 0 saturated carbocycles. The molecule has 0 amide bonds. The van der Waals surface area contributed by atoms with E-state index in [0.717, 1.165) is 21.1 Å². The summed E-state index contributed by atoms with van der Waals surface area (Å²) in [5, 5.41) is 16.1. The molecule has 0 aliphatic carbocycles. The van der Waals surface area contributed by atoms with Gasteiger partial charge in [0.15, 0.2) is 22.3 Å². The van der Waals surface area contributed by atoms with Crippen molar-refractivity contribution in [2.24, 2.45) is 7.05 Å². The summed E-state index contributed by atoms with van der Waals surface area (Å²) in [6.45, 7) is 0.471. The van der Waals surface area contributed by atoms with Gasteiger partial charge in [-0.2, -0.15) is 5.26 Å². The predicted molar refractivity (Wildman–Crippen MR) is 151 cm³/mol. The van der Waals surface area contributed by atoms with Crippen molar-refractivity contribution in [1.29, 1.82) is 5.26 Å². The van der Waals surface area contributed by atoms with Crippen LogP contribution < -0.4 is 14.8 Å². The molecule has 1 N–H and O–H groups in total. The summed E-state index contributed by atoms with van der Waals surface area (Å²) >= 11 is 13.9. The highest BCUT2D eigenvalue weighted by Gasteiger charge is 2.15. The van der Waals surface area contributed by atoms with Crippen molar-refractivity contribution in [2.45, 2.75) is 16.5 Å². The molecule has 0 aliphatic heterocycles. The molecule has 2 aromatic carbocycles. The molecule has 0 spiro atoms. The highest BCUT2D eigenvalue weighted by Crippen LogP contribution is 2.38. The predicted octanol–water partition coefficient (Wildman–Crippen LogP) is 6.95. The molecule has 0 bridgehead atoms. The van der Waals surface area contributed by atoms with Gasteiger partial charge in [-0.15, -0.1) is 11.6 Å². The summed E-state index contributed by atoms with van der Waals surface area (Å²) in [6, 6.07) is 13.5. The fourth-order valence-electron chi connectivity index (χ4n) is 3.87. The Labute approximate surface area is 233 Å². The van der Waals surface area contributed by atoms with Crippen molar-refractivity contribution in [1.82, 2.24) is 19.5 Å². The lowest BCUT2D eigenvalue weighted by Gasteiger charge is -2.14. The fraction of sp³-hybridized carbons (Fsp3) is 0.185. The molecule has 3 aromatic heterocycles. The van der Waals surface area contributed by atoms with Crippen molar-refractivity contribution in [3.8, 4) is 17.6 Å². The molecule has 0 atom stereocenters. The number of methoxy groups -OCH3 is 1. The van der Waals surface area contributed by atoms with Gasteiger partial charge in [0.05, 0.1) is 35.5 Å². The Morgan fingerprint density at radius 1 is 1.16 bits per heavy atom. The maximum atomic E-state index is 9.82. The number of aryl methyl sites for hydroxylation is 1. The zero-order valence-corrected chi connectivity index (χ0v) is 22.9. The number of nitrogens with zero attached hydrogens (tertiary/aromatic N) is 5. The van der Waals surface area contributed by atoms with E-state index in [-0.39, 0.29) is 0 Å². The molecule has 11 heteroatoms. The van der Waals surface area contributed by atoms with E-state index in [2.05, 4.69) is 21.4 Å². The van der Waals surface area contributed by atoms with Crippen molar-refractivity contribution in [3.63, 3.8) is 0 Å². The summed E-state index contributed by atoms with van der Waals surface area (Å²) in [5.74, 6) is 1.68. The number of pyridine rings is 2. The number of benzene rings is 2. The molecular formula is C27H22Cl2N6O2S. The van der Waals surface area contributed by atoms with Crippen LogP contribution in [0.4, 0.5) is 11.4 Å². The minimum Gasteiger partial charge on any atom is -0.493 e. The maximum Gasteiger partial charge on any atom is 0.172 e. The number of hydrogen-bond donors (Lipinski definition) is 1. The largest absolute Gasteiger partial charge is 0.493 e. The Hall–Kier alpha value is -3.71. The van der Waals surface area contributed by atoms with Crippen molar-refractivity contribution < 1.29 is 9.47 Å². The Balaban J connectivity index is 1.53. The second-order valence-electron chi connectivity index (χ2n) is 8.30. The Morgan fingerprint density at radius 2 is 2.03 bits per heavy atom. The number of hydrogen-bond acceptors (Lipinski definition) is 8. The third kappa shape index (κ3) is 5.29. The molecule has 0 radical (unpaired) electrons. The minimum atomic E-state index is 0.384. The molecular weight excluding hydrogens is 543 g/mol. The van der Waals surface area contributed by atoms with Crippen LogP contribution in [0.2, 0.25) is 5.02 Å². The van der Waals surface area contributed by atoms with E-state index in [0.29, 0.717) is 63.2 Å². The van der Waals surface area contributed by atoms with Gasteiger partial charge in [0.25, 0.3) is 0 Å². The number of halogens is 2. The van der Waals surface area contributed by atoms with Gasteiger partial charge < -0.3 is 19.4 Å². The summed E-state index contributed by atoms with van der Waals surface area (Å²) in [4.78, 5) is 14.4. The number of imidazole rings is 1.